The average molecular weight is 242 g/mol. The topological polar surface area (TPSA) is 29.5 Å². The summed E-state index contributed by atoms with van der Waals surface area (Å²) in [5.74, 6) is 0.565. The lowest BCUT2D eigenvalue weighted by molar-refractivity contribution is -0.225. The first-order chi connectivity index (χ1) is 8.02. The third-order valence-electron chi connectivity index (χ3n) is 3.75. The first kappa shape index (κ1) is 15.0. The highest BCUT2D eigenvalue weighted by molar-refractivity contribution is 4.73. The van der Waals surface area contributed by atoms with Crippen LogP contribution in [0.5, 0.6) is 0 Å². The number of hydrogen-bond acceptors (Lipinski definition) is 2. The van der Waals surface area contributed by atoms with E-state index in [9.17, 15) is 5.11 Å². The number of ether oxygens (including phenoxy) is 1. The maximum absolute atomic E-state index is 10.2. The minimum Gasteiger partial charge on any atom is -0.365 e. The van der Waals surface area contributed by atoms with Gasteiger partial charge in [-0.15, -0.1) is 0 Å². The molecule has 0 radical (unpaired) electrons. The zero-order chi connectivity index (χ0) is 12.7. The van der Waals surface area contributed by atoms with Crippen molar-refractivity contribution in [3.63, 3.8) is 0 Å². The molecule has 1 aliphatic carbocycles. The molecule has 2 heteroatoms. The van der Waals surface area contributed by atoms with Gasteiger partial charge in [-0.25, -0.2) is 0 Å². The Balaban J connectivity index is 2.11. The van der Waals surface area contributed by atoms with E-state index in [4.69, 9.17) is 4.74 Å². The summed E-state index contributed by atoms with van der Waals surface area (Å²) >= 11 is 0. The van der Waals surface area contributed by atoms with Crippen molar-refractivity contribution in [3.05, 3.63) is 0 Å². The predicted molar refractivity (Wildman–Crippen MR) is 71.8 cm³/mol. The quantitative estimate of drug-likeness (QED) is 0.681. The summed E-state index contributed by atoms with van der Waals surface area (Å²) in [6, 6.07) is 0. The van der Waals surface area contributed by atoms with Crippen LogP contribution in [0.2, 0.25) is 0 Å². The molecule has 1 aliphatic rings. The Morgan fingerprint density at radius 1 is 1.06 bits per heavy atom. The monoisotopic (exact) mass is 242 g/mol. The molecule has 1 rings (SSSR count). The molecule has 17 heavy (non-hydrogen) atoms. The molecule has 0 aromatic carbocycles. The fourth-order valence-corrected chi connectivity index (χ4v) is 2.50. The zero-order valence-electron chi connectivity index (χ0n) is 11.9. The van der Waals surface area contributed by atoms with Crippen molar-refractivity contribution in [2.24, 2.45) is 11.8 Å². The van der Waals surface area contributed by atoms with E-state index in [1.165, 1.54) is 25.7 Å². The van der Waals surface area contributed by atoms with E-state index in [1.54, 1.807) is 0 Å². The third kappa shape index (κ3) is 6.42. The van der Waals surface area contributed by atoms with Gasteiger partial charge in [-0.3, -0.25) is 0 Å². The summed E-state index contributed by atoms with van der Waals surface area (Å²) in [6.07, 6.45) is 8.91. The smallest absolute Gasteiger partial charge is 0.165 e. The molecule has 1 N–H and O–H groups in total. The van der Waals surface area contributed by atoms with Gasteiger partial charge in [0.05, 0.1) is 6.61 Å². The van der Waals surface area contributed by atoms with Gasteiger partial charge in [0, 0.05) is 12.8 Å². The van der Waals surface area contributed by atoms with E-state index in [2.05, 4.69) is 20.8 Å². The highest BCUT2D eigenvalue weighted by Gasteiger charge is 2.30. The fourth-order valence-electron chi connectivity index (χ4n) is 2.50. The molecular weight excluding hydrogens is 212 g/mol. The summed E-state index contributed by atoms with van der Waals surface area (Å²) in [7, 11) is 0. The summed E-state index contributed by atoms with van der Waals surface area (Å²) in [5.41, 5.74) is 0. The van der Waals surface area contributed by atoms with E-state index in [0.29, 0.717) is 12.5 Å². The SMILES string of the molecule is CC(C)CCCC(C)COC1(O)CCCCC1. The van der Waals surface area contributed by atoms with Crippen molar-refractivity contribution in [2.75, 3.05) is 6.61 Å². The summed E-state index contributed by atoms with van der Waals surface area (Å²) in [6.45, 7) is 7.49. The average Bonchev–Trinajstić information content (AvgIpc) is 2.27. The lowest BCUT2D eigenvalue weighted by Gasteiger charge is -2.33. The number of hydrogen-bond donors (Lipinski definition) is 1. The molecule has 2 nitrogen and oxygen atoms in total. The lowest BCUT2D eigenvalue weighted by atomic mass is 9.94. The van der Waals surface area contributed by atoms with Crippen molar-refractivity contribution < 1.29 is 9.84 Å². The maximum atomic E-state index is 10.2. The standard InChI is InChI=1S/C15H30O2/c1-13(2)8-7-9-14(3)12-17-15(16)10-5-4-6-11-15/h13-14,16H,4-12H2,1-3H3. The maximum Gasteiger partial charge on any atom is 0.165 e. The third-order valence-corrected chi connectivity index (χ3v) is 3.75. The molecule has 1 fully saturated rings. The second-order valence-corrected chi connectivity index (χ2v) is 6.25. The van der Waals surface area contributed by atoms with Crippen LogP contribution in [0.25, 0.3) is 0 Å². The van der Waals surface area contributed by atoms with Gasteiger partial charge in [0.2, 0.25) is 0 Å². The van der Waals surface area contributed by atoms with Crippen LogP contribution in [0.4, 0.5) is 0 Å². The van der Waals surface area contributed by atoms with Gasteiger partial charge in [0.1, 0.15) is 0 Å². The van der Waals surface area contributed by atoms with Crippen LogP contribution in [-0.2, 0) is 4.74 Å². The second kappa shape index (κ2) is 7.38. The first-order valence-electron chi connectivity index (χ1n) is 7.38. The fraction of sp³-hybridized carbons (Fsp3) is 1.00. The molecule has 0 aliphatic heterocycles. The van der Waals surface area contributed by atoms with E-state index in [-0.39, 0.29) is 0 Å². The van der Waals surface area contributed by atoms with Gasteiger partial charge in [0.15, 0.2) is 5.79 Å². The molecule has 0 bridgehead atoms. The Kier molecular flexibility index (Phi) is 6.50. The van der Waals surface area contributed by atoms with Crippen LogP contribution in [0.3, 0.4) is 0 Å². The minimum absolute atomic E-state index is 0.569. The zero-order valence-corrected chi connectivity index (χ0v) is 11.9. The van der Waals surface area contributed by atoms with Crippen LogP contribution >= 0.6 is 0 Å². The highest BCUT2D eigenvalue weighted by Crippen LogP contribution is 2.29. The van der Waals surface area contributed by atoms with Crippen LogP contribution in [0.1, 0.15) is 72.1 Å². The highest BCUT2D eigenvalue weighted by atomic mass is 16.6. The van der Waals surface area contributed by atoms with Crippen molar-refractivity contribution in [1.29, 1.82) is 0 Å². The predicted octanol–water partition coefficient (Wildman–Crippen LogP) is 4.12. The van der Waals surface area contributed by atoms with Crippen molar-refractivity contribution in [1.82, 2.24) is 0 Å². The molecule has 1 unspecified atom stereocenters. The lowest BCUT2D eigenvalue weighted by Crippen LogP contribution is -2.36. The molecule has 0 amide bonds. The first-order valence-corrected chi connectivity index (χ1v) is 7.38. The Labute approximate surface area is 107 Å². The van der Waals surface area contributed by atoms with Gasteiger partial charge >= 0.3 is 0 Å². The Hall–Kier alpha value is -0.0800. The Bertz CT molecular complexity index is 195. The summed E-state index contributed by atoms with van der Waals surface area (Å²) in [5, 5.41) is 10.2. The molecule has 0 aromatic heterocycles. The molecule has 102 valence electrons. The van der Waals surface area contributed by atoms with Crippen LogP contribution in [-0.4, -0.2) is 17.5 Å². The summed E-state index contributed by atoms with van der Waals surface area (Å²) < 4.78 is 5.75. The van der Waals surface area contributed by atoms with Gasteiger partial charge in [-0.1, -0.05) is 40.0 Å². The van der Waals surface area contributed by atoms with E-state index in [1.807, 2.05) is 0 Å². The minimum atomic E-state index is -0.801. The molecule has 0 saturated heterocycles. The van der Waals surface area contributed by atoms with Crippen LogP contribution in [0.15, 0.2) is 0 Å². The van der Waals surface area contributed by atoms with Crippen molar-refractivity contribution in [2.45, 2.75) is 77.9 Å². The molecule has 0 spiro atoms. The van der Waals surface area contributed by atoms with E-state index in [0.717, 1.165) is 31.6 Å². The molecule has 1 saturated carbocycles. The Morgan fingerprint density at radius 3 is 2.29 bits per heavy atom. The van der Waals surface area contributed by atoms with E-state index < -0.39 is 5.79 Å². The van der Waals surface area contributed by atoms with Crippen LogP contribution in [0, 0.1) is 11.8 Å². The Morgan fingerprint density at radius 2 is 1.71 bits per heavy atom. The van der Waals surface area contributed by atoms with Gasteiger partial charge in [-0.2, -0.15) is 0 Å². The molecule has 1 atom stereocenters. The van der Waals surface area contributed by atoms with Crippen molar-refractivity contribution in [3.8, 4) is 0 Å². The van der Waals surface area contributed by atoms with E-state index >= 15 is 0 Å². The summed E-state index contributed by atoms with van der Waals surface area (Å²) in [4.78, 5) is 0. The van der Waals surface area contributed by atoms with Crippen LogP contribution < -0.4 is 0 Å². The van der Waals surface area contributed by atoms with Gasteiger partial charge in [0.25, 0.3) is 0 Å². The molecular formula is C15H30O2. The normalized spacial score (nSPS) is 21.7. The van der Waals surface area contributed by atoms with Crippen molar-refractivity contribution >= 4 is 0 Å². The largest absolute Gasteiger partial charge is 0.365 e. The van der Waals surface area contributed by atoms with Gasteiger partial charge < -0.3 is 9.84 Å². The second-order valence-electron chi connectivity index (χ2n) is 6.25. The molecule has 0 heterocycles. The number of aliphatic hydroxyl groups is 1. The molecule has 0 aromatic rings. The number of rotatable bonds is 7. The van der Waals surface area contributed by atoms with Gasteiger partial charge in [-0.05, 0) is 31.1 Å².